The van der Waals surface area contributed by atoms with Crippen molar-refractivity contribution in [3.8, 4) is 5.75 Å². The molecule has 1 aromatic carbocycles. The Kier molecular flexibility index (Phi) is 5.32. The summed E-state index contributed by atoms with van der Waals surface area (Å²) in [6, 6.07) is 5.15. The number of aromatic carboxylic acids is 1. The normalized spacial score (nSPS) is 10.1. The molecule has 0 amide bonds. The van der Waals surface area contributed by atoms with Crippen molar-refractivity contribution in [2.75, 3.05) is 6.61 Å². The summed E-state index contributed by atoms with van der Waals surface area (Å²) in [6.07, 6.45) is 3.16. The van der Waals surface area contributed by atoms with Crippen LogP contribution in [0.15, 0.2) is 22.7 Å². The van der Waals surface area contributed by atoms with Gasteiger partial charge in [-0.15, -0.1) is 0 Å². The molecule has 1 rings (SSSR count). The third-order valence-electron chi connectivity index (χ3n) is 2.19. The van der Waals surface area contributed by atoms with Crippen molar-refractivity contribution in [2.24, 2.45) is 0 Å². The number of ether oxygens (including phenoxy) is 1. The molecule has 16 heavy (non-hydrogen) atoms. The van der Waals surface area contributed by atoms with Gasteiger partial charge in [0.2, 0.25) is 0 Å². The second-order valence-electron chi connectivity index (χ2n) is 3.47. The van der Waals surface area contributed by atoms with Crippen LogP contribution in [0.1, 0.15) is 36.5 Å². The average Bonchev–Trinajstić information content (AvgIpc) is 2.24. The topological polar surface area (TPSA) is 46.5 Å². The highest BCUT2D eigenvalue weighted by Crippen LogP contribution is 2.26. The zero-order valence-electron chi connectivity index (χ0n) is 9.20. The van der Waals surface area contributed by atoms with E-state index in [4.69, 9.17) is 9.84 Å². The van der Waals surface area contributed by atoms with Crippen molar-refractivity contribution in [3.63, 3.8) is 0 Å². The lowest BCUT2D eigenvalue weighted by atomic mass is 10.2. The van der Waals surface area contributed by atoms with E-state index in [1.165, 1.54) is 0 Å². The first-order valence-corrected chi connectivity index (χ1v) is 6.10. The summed E-state index contributed by atoms with van der Waals surface area (Å²) in [6.45, 7) is 2.67. The molecular formula is C12H15BrO3. The zero-order chi connectivity index (χ0) is 12.0. The monoisotopic (exact) mass is 286 g/mol. The molecule has 3 nitrogen and oxygen atoms in total. The number of carboxylic acids is 1. The number of unbranched alkanes of at least 4 members (excludes halogenated alkanes) is 2. The van der Waals surface area contributed by atoms with Crippen molar-refractivity contribution < 1.29 is 14.6 Å². The summed E-state index contributed by atoms with van der Waals surface area (Å²) in [5.41, 5.74) is 0.194. The van der Waals surface area contributed by atoms with Gasteiger partial charge in [0.05, 0.1) is 6.61 Å². The molecule has 88 valence electrons. The van der Waals surface area contributed by atoms with Gasteiger partial charge in [-0.1, -0.05) is 25.8 Å². The third kappa shape index (κ3) is 3.52. The number of rotatable bonds is 6. The van der Waals surface area contributed by atoms with Gasteiger partial charge < -0.3 is 9.84 Å². The minimum Gasteiger partial charge on any atom is -0.493 e. The maximum Gasteiger partial charge on any atom is 0.340 e. The Balaban J connectivity index is 2.71. The van der Waals surface area contributed by atoms with E-state index >= 15 is 0 Å². The summed E-state index contributed by atoms with van der Waals surface area (Å²) >= 11 is 3.21. The molecule has 0 saturated carbocycles. The molecule has 0 fully saturated rings. The van der Waals surface area contributed by atoms with Crippen LogP contribution in [0, 0.1) is 0 Å². The third-order valence-corrected chi connectivity index (χ3v) is 2.86. The van der Waals surface area contributed by atoms with Crippen LogP contribution in [-0.2, 0) is 0 Å². The van der Waals surface area contributed by atoms with Gasteiger partial charge in [0, 0.05) is 4.47 Å². The quantitative estimate of drug-likeness (QED) is 0.811. The standard InChI is InChI=1S/C12H15BrO3/c1-2-3-4-8-16-10-7-5-6-9(13)11(10)12(14)15/h5-7H,2-4,8H2,1H3,(H,14,15). The first-order chi connectivity index (χ1) is 7.66. The van der Waals surface area contributed by atoms with E-state index in [-0.39, 0.29) is 5.56 Å². The first kappa shape index (κ1) is 13.0. The van der Waals surface area contributed by atoms with Gasteiger partial charge in [0.1, 0.15) is 11.3 Å². The minimum atomic E-state index is -0.974. The number of halogens is 1. The van der Waals surface area contributed by atoms with Crippen LogP contribution in [0.4, 0.5) is 0 Å². The molecular weight excluding hydrogens is 272 g/mol. The molecule has 0 saturated heterocycles. The van der Waals surface area contributed by atoms with Crippen LogP contribution in [0.25, 0.3) is 0 Å². The molecule has 4 heteroatoms. The molecule has 0 aromatic heterocycles. The van der Waals surface area contributed by atoms with Gasteiger partial charge >= 0.3 is 5.97 Å². The molecule has 1 N–H and O–H groups in total. The highest BCUT2D eigenvalue weighted by atomic mass is 79.9. The maximum atomic E-state index is 11.0. The van der Waals surface area contributed by atoms with Gasteiger partial charge in [-0.3, -0.25) is 0 Å². The molecule has 0 heterocycles. The second-order valence-corrected chi connectivity index (χ2v) is 4.33. The van der Waals surface area contributed by atoms with Crippen LogP contribution in [0.3, 0.4) is 0 Å². The van der Waals surface area contributed by atoms with E-state index in [1.807, 2.05) is 0 Å². The van der Waals surface area contributed by atoms with Crippen molar-refractivity contribution in [1.29, 1.82) is 0 Å². The Morgan fingerprint density at radius 2 is 2.19 bits per heavy atom. The zero-order valence-corrected chi connectivity index (χ0v) is 10.8. The molecule has 0 bridgehead atoms. The van der Waals surface area contributed by atoms with Gasteiger partial charge in [-0.2, -0.15) is 0 Å². The predicted octanol–water partition coefficient (Wildman–Crippen LogP) is 3.72. The average molecular weight is 287 g/mol. The Morgan fingerprint density at radius 3 is 2.81 bits per heavy atom. The summed E-state index contributed by atoms with van der Waals surface area (Å²) in [5, 5.41) is 9.04. The fourth-order valence-electron chi connectivity index (χ4n) is 1.37. The van der Waals surface area contributed by atoms with Crippen LogP contribution < -0.4 is 4.74 Å². The SMILES string of the molecule is CCCCCOc1cccc(Br)c1C(=O)O. The van der Waals surface area contributed by atoms with E-state index in [0.717, 1.165) is 19.3 Å². The van der Waals surface area contributed by atoms with Crippen molar-refractivity contribution >= 4 is 21.9 Å². The van der Waals surface area contributed by atoms with E-state index < -0.39 is 5.97 Å². The lowest BCUT2D eigenvalue weighted by Gasteiger charge is -2.09. The maximum absolute atomic E-state index is 11.0. The van der Waals surface area contributed by atoms with Gasteiger partial charge in [0.25, 0.3) is 0 Å². The first-order valence-electron chi connectivity index (χ1n) is 5.31. The van der Waals surface area contributed by atoms with E-state index in [0.29, 0.717) is 16.8 Å². The molecule has 0 spiro atoms. The Bertz CT molecular complexity index is 363. The van der Waals surface area contributed by atoms with Crippen LogP contribution in [-0.4, -0.2) is 17.7 Å². The molecule has 0 aliphatic carbocycles. The fourth-order valence-corrected chi connectivity index (χ4v) is 1.88. The molecule has 1 aromatic rings. The lowest BCUT2D eigenvalue weighted by Crippen LogP contribution is -2.05. The largest absolute Gasteiger partial charge is 0.493 e. The smallest absolute Gasteiger partial charge is 0.340 e. The Morgan fingerprint density at radius 1 is 1.44 bits per heavy atom. The molecule has 0 atom stereocenters. The van der Waals surface area contributed by atoms with Crippen LogP contribution in [0.5, 0.6) is 5.75 Å². The summed E-state index contributed by atoms with van der Waals surface area (Å²) in [4.78, 5) is 11.0. The van der Waals surface area contributed by atoms with Crippen LogP contribution >= 0.6 is 15.9 Å². The second kappa shape index (κ2) is 6.53. The van der Waals surface area contributed by atoms with Crippen molar-refractivity contribution in [1.82, 2.24) is 0 Å². The van der Waals surface area contributed by atoms with E-state index in [2.05, 4.69) is 22.9 Å². The van der Waals surface area contributed by atoms with E-state index in [9.17, 15) is 4.79 Å². The van der Waals surface area contributed by atoms with Crippen LogP contribution in [0.2, 0.25) is 0 Å². The fraction of sp³-hybridized carbons (Fsp3) is 0.417. The predicted molar refractivity (Wildman–Crippen MR) is 66.1 cm³/mol. The number of hydrogen-bond acceptors (Lipinski definition) is 2. The molecule has 0 aliphatic rings. The summed E-state index contributed by atoms with van der Waals surface area (Å²) < 4.78 is 6.02. The Labute approximate surface area is 104 Å². The van der Waals surface area contributed by atoms with E-state index in [1.54, 1.807) is 18.2 Å². The number of benzene rings is 1. The number of carboxylic acid groups (broad SMARTS) is 1. The highest BCUT2D eigenvalue weighted by molar-refractivity contribution is 9.10. The van der Waals surface area contributed by atoms with Crippen molar-refractivity contribution in [3.05, 3.63) is 28.2 Å². The number of carbonyl (C=O) groups is 1. The highest BCUT2D eigenvalue weighted by Gasteiger charge is 2.14. The lowest BCUT2D eigenvalue weighted by molar-refractivity contribution is 0.0691. The summed E-state index contributed by atoms with van der Waals surface area (Å²) in [7, 11) is 0. The Hall–Kier alpha value is -1.03. The van der Waals surface area contributed by atoms with Gasteiger partial charge in [-0.05, 0) is 34.5 Å². The number of hydrogen-bond donors (Lipinski definition) is 1. The molecule has 0 aliphatic heterocycles. The minimum absolute atomic E-state index is 0.194. The molecule has 0 unspecified atom stereocenters. The van der Waals surface area contributed by atoms with Crippen molar-refractivity contribution in [2.45, 2.75) is 26.2 Å². The molecule has 0 radical (unpaired) electrons. The summed E-state index contributed by atoms with van der Waals surface area (Å²) in [5.74, 6) is -0.545. The van der Waals surface area contributed by atoms with Gasteiger partial charge in [0.15, 0.2) is 0 Å². The van der Waals surface area contributed by atoms with Gasteiger partial charge in [-0.25, -0.2) is 4.79 Å².